The van der Waals surface area contributed by atoms with E-state index in [-0.39, 0.29) is 0 Å². The second kappa shape index (κ2) is 6.02. The molecule has 0 N–H and O–H groups in total. The van der Waals surface area contributed by atoms with Crippen molar-refractivity contribution in [1.29, 1.82) is 0 Å². The van der Waals surface area contributed by atoms with Crippen LogP contribution >= 0.6 is 15.9 Å². The summed E-state index contributed by atoms with van der Waals surface area (Å²) in [5.74, 6) is 0.653. The first-order valence-corrected chi connectivity index (χ1v) is 6.83. The lowest BCUT2D eigenvalue weighted by molar-refractivity contribution is 0.111. The van der Waals surface area contributed by atoms with Gasteiger partial charge in [0, 0.05) is 4.47 Å². The summed E-state index contributed by atoms with van der Waals surface area (Å²) in [6.07, 6.45) is 0.823. The Morgan fingerprint density at radius 1 is 1.21 bits per heavy atom. The Morgan fingerprint density at radius 2 is 2.00 bits per heavy atom. The van der Waals surface area contributed by atoms with E-state index in [4.69, 9.17) is 4.74 Å². The van der Waals surface area contributed by atoms with Crippen molar-refractivity contribution in [1.82, 2.24) is 0 Å². The Kier molecular flexibility index (Phi) is 4.38. The van der Waals surface area contributed by atoms with E-state index in [2.05, 4.69) is 22.0 Å². The fourth-order valence-electron chi connectivity index (χ4n) is 2.00. The Hall–Kier alpha value is -1.61. The fourth-order valence-corrected chi connectivity index (χ4v) is 2.59. The van der Waals surface area contributed by atoms with Crippen molar-refractivity contribution in [3.05, 3.63) is 63.1 Å². The highest BCUT2D eigenvalue weighted by Gasteiger charge is 2.08. The molecular formula is C16H15BrO2. The largest absolute Gasteiger partial charge is 0.488 e. The van der Waals surface area contributed by atoms with Crippen molar-refractivity contribution in [2.24, 2.45) is 0 Å². The number of carbonyl (C=O) groups is 1. The average molecular weight is 319 g/mol. The van der Waals surface area contributed by atoms with Crippen molar-refractivity contribution < 1.29 is 9.53 Å². The lowest BCUT2D eigenvalue weighted by Gasteiger charge is -2.12. The molecule has 0 saturated carbocycles. The van der Waals surface area contributed by atoms with Gasteiger partial charge in [0.05, 0.1) is 5.56 Å². The first-order chi connectivity index (χ1) is 9.10. The number of ether oxygens (including phenoxy) is 1. The van der Waals surface area contributed by atoms with Gasteiger partial charge in [-0.15, -0.1) is 0 Å². The van der Waals surface area contributed by atoms with Gasteiger partial charge in [-0.3, -0.25) is 4.79 Å². The van der Waals surface area contributed by atoms with Gasteiger partial charge in [-0.1, -0.05) is 45.8 Å². The number of hydrogen-bond acceptors (Lipinski definition) is 2. The van der Waals surface area contributed by atoms with Crippen LogP contribution in [-0.2, 0) is 6.61 Å². The summed E-state index contributed by atoms with van der Waals surface area (Å²) < 4.78 is 6.69. The molecule has 2 rings (SSSR count). The Balaban J connectivity index is 2.22. The molecular weight excluding hydrogens is 304 g/mol. The Bertz CT molecular complexity index is 606. The third-order valence-electron chi connectivity index (χ3n) is 2.86. The van der Waals surface area contributed by atoms with E-state index >= 15 is 0 Å². The van der Waals surface area contributed by atoms with Crippen molar-refractivity contribution in [3.63, 3.8) is 0 Å². The third kappa shape index (κ3) is 3.44. The molecule has 0 unspecified atom stereocenters. The van der Waals surface area contributed by atoms with Crippen LogP contribution in [0, 0.1) is 13.8 Å². The summed E-state index contributed by atoms with van der Waals surface area (Å²) in [6.45, 7) is 4.44. The maximum absolute atomic E-state index is 11.1. The quantitative estimate of drug-likeness (QED) is 0.778. The Labute approximate surface area is 121 Å². The van der Waals surface area contributed by atoms with E-state index in [0.29, 0.717) is 17.9 Å². The van der Waals surface area contributed by atoms with Crippen LogP contribution in [0.5, 0.6) is 5.75 Å². The van der Waals surface area contributed by atoms with E-state index in [1.807, 2.05) is 38.1 Å². The number of rotatable bonds is 4. The summed E-state index contributed by atoms with van der Waals surface area (Å²) in [6, 6.07) is 11.9. The first kappa shape index (κ1) is 13.8. The lowest BCUT2D eigenvalue weighted by Crippen LogP contribution is -2.00. The number of halogens is 1. The molecule has 3 heteroatoms. The van der Waals surface area contributed by atoms with Gasteiger partial charge >= 0.3 is 0 Å². The smallest absolute Gasteiger partial charge is 0.153 e. The molecule has 0 atom stereocenters. The summed E-state index contributed by atoms with van der Waals surface area (Å²) in [5.41, 5.74) is 3.81. The third-order valence-corrected chi connectivity index (χ3v) is 3.32. The van der Waals surface area contributed by atoms with Crippen LogP contribution in [0.2, 0.25) is 0 Å². The number of aldehydes is 1. The van der Waals surface area contributed by atoms with E-state index in [1.165, 1.54) is 5.56 Å². The molecule has 2 aromatic carbocycles. The van der Waals surface area contributed by atoms with Gasteiger partial charge in [-0.05, 0) is 37.1 Å². The molecule has 0 spiro atoms. The zero-order valence-corrected chi connectivity index (χ0v) is 12.5. The van der Waals surface area contributed by atoms with Gasteiger partial charge < -0.3 is 4.74 Å². The van der Waals surface area contributed by atoms with Crippen LogP contribution in [0.15, 0.2) is 40.9 Å². The molecule has 98 valence electrons. The summed E-state index contributed by atoms with van der Waals surface area (Å²) in [7, 11) is 0. The highest BCUT2D eigenvalue weighted by molar-refractivity contribution is 9.10. The molecule has 0 radical (unpaired) electrons. The predicted molar refractivity (Wildman–Crippen MR) is 79.8 cm³/mol. The second-order valence-electron chi connectivity index (χ2n) is 4.54. The maximum Gasteiger partial charge on any atom is 0.153 e. The fraction of sp³-hybridized carbons (Fsp3) is 0.188. The number of hydrogen-bond donors (Lipinski definition) is 0. The van der Waals surface area contributed by atoms with Crippen molar-refractivity contribution in [2.45, 2.75) is 20.5 Å². The van der Waals surface area contributed by atoms with E-state index in [0.717, 1.165) is 21.9 Å². The minimum Gasteiger partial charge on any atom is -0.488 e. The molecule has 0 aliphatic heterocycles. The SMILES string of the molecule is Cc1cccc(COc2c(C)cc(Br)cc2C=O)c1. The van der Waals surface area contributed by atoms with Crippen molar-refractivity contribution in [2.75, 3.05) is 0 Å². The van der Waals surface area contributed by atoms with Gasteiger partial charge in [0.25, 0.3) is 0 Å². The first-order valence-electron chi connectivity index (χ1n) is 6.04. The van der Waals surface area contributed by atoms with Crippen LogP contribution < -0.4 is 4.74 Å². The van der Waals surface area contributed by atoms with E-state index in [1.54, 1.807) is 6.07 Å². The predicted octanol–water partition coefficient (Wildman–Crippen LogP) is 4.46. The number of aryl methyl sites for hydroxylation is 2. The highest BCUT2D eigenvalue weighted by atomic mass is 79.9. The van der Waals surface area contributed by atoms with Crippen LogP contribution in [0.4, 0.5) is 0 Å². The minimum atomic E-state index is 0.463. The van der Waals surface area contributed by atoms with Gasteiger partial charge in [0.1, 0.15) is 12.4 Å². The lowest BCUT2D eigenvalue weighted by atomic mass is 10.1. The molecule has 0 heterocycles. The number of carbonyl (C=O) groups excluding carboxylic acids is 1. The molecule has 0 aliphatic rings. The molecule has 19 heavy (non-hydrogen) atoms. The van der Waals surface area contributed by atoms with Gasteiger partial charge in [0.15, 0.2) is 6.29 Å². The molecule has 0 aromatic heterocycles. The molecule has 0 aliphatic carbocycles. The van der Waals surface area contributed by atoms with Gasteiger partial charge in [-0.25, -0.2) is 0 Å². The second-order valence-corrected chi connectivity index (χ2v) is 5.45. The van der Waals surface area contributed by atoms with Crippen molar-refractivity contribution >= 4 is 22.2 Å². The summed E-state index contributed by atoms with van der Waals surface area (Å²) in [5, 5.41) is 0. The molecule has 0 amide bonds. The molecule has 2 nitrogen and oxygen atoms in total. The maximum atomic E-state index is 11.1. The summed E-state index contributed by atoms with van der Waals surface area (Å²) >= 11 is 3.38. The van der Waals surface area contributed by atoms with Gasteiger partial charge in [-0.2, -0.15) is 0 Å². The highest BCUT2D eigenvalue weighted by Crippen LogP contribution is 2.27. The normalized spacial score (nSPS) is 10.3. The topological polar surface area (TPSA) is 26.3 Å². The van der Waals surface area contributed by atoms with Crippen LogP contribution in [-0.4, -0.2) is 6.29 Å². The molecule has 0 bridgehead atoms. The minimum absolute atomic E-state index is 0.463. The van der Waals surface area contributed by atoms with Gasteiger partial charge in [0.2, 0.25) is 0 Å². The standard InChI is InChI=1S/C16H15BrO2/c1-11-4-3-5-13(6-11)10-19-16-12(2)7-15(17)8-14(16)9-18/h3-9H,10H2,1-2H3. The molecule has 0 saturated heterocycles. The van der Waals surface area contributed by atoms with Crippen molar-refractivity contribution in [3.8, 4) is 5.75 Å². The van der Waals surface area contributed by atoms with Crippen LogP contribution in [0.3, 0.4) is 0 Å². The zero-order chi connectivity index (χ0) is 13.8. The monoisotopic (exact) mass is 318 g/mol. The van der Waals surface area contributed by atoms with Crippen LogP contribution in [0.25, 0.3) is 0 Å². The molecule has 2 aromatic rings. The van der Waals surface area contributed by atoms with Crippen LogP contribution in [0.1, 0.15) is 27.0 Å². The average Bonchev–Trinajstić information content (AvgIpc) is 2.37. The Morgan fingerprint density at radius 3 is 2.68 bits per heavy atom. The zero-order valence-electron chi connectivity index (χ0n) is 10.9. The van der Waals surface area contributed by atoms with E-state index < -0.39 is 0 Å². The number of benzene rings is 2. The summed E-state index contributed by atoms with van der Waals surface area (Å²) in [4.78, 5) is 11.1. The molecule has 0 fully saturated rings. The van der Waals surface area contributed by atoms with E-state index in [9.17, 15) is 4.79 Å².